The van der Waals surface area contributed by atoms with Crippen LogP contribution in [0.2, 0.25) is 0 Å². The maximum atomic E-state index is 9.82. The van der Waals surface area contributed by atoms with Crippen LogP contribution in [0.5, 0.6) is 0 Å². The van der Waals surface area contributed by atoms with Gasteiger partial charge in [0.15, 0.2) is 0 Å². The van der Waals surface area contributed by atoms with Crippen molar-refractivity contribution in [3.05, 3.63) is 54.1 Å². The normalized spacial score (nSPS) is 13.6. The molecule has 2 aromatic rings. The van der Waals surface area contributed by atoms with Gasteiger partial charge in [0, 0.05) is 25.4 Å². The van der Waals surface area contributed by atoms with Crippen LogP contribution in [-0.2, 0) is 12.1 Å². The summed E-state index contributed by atoms with van der Waals surface area (Å²) in [7, 11) is 0. The molecule has 0 spiro atoms. The molecule has 0 aliphatic carbocycles. The van der Waals surface area contributed by atoms with Crippen molar-refractivity contribution in [1.29, 1.82) is 5.26 Å². The lowest BCUT2D eigenvalue weighted by Crippen LogP contribution is -2.42. The molecule has 1 aromatic heterocycles. The highest BCUT2D eigenvalue weighted by Crippen LogP contribution is 2.25. The number of nitriles is 1. The lowest BCUT2D eigenvalue weighted by Gasteiger charge is -2.29. The average molecular weight is 282 g/mol. The van der Waals surface area contributed by atoms with Crippen molar-refractivity contribution >= 4 is 0 Å². The molecule has 0 fully saturated rings. The smallest absolute Gasteiger partial charge is 0.133 e. The Kier molecular flexibility index (Phi) is 5.13. The fourth-order valence-corrected chi connectivity index (χ4v) is 2.48. The molecule has 0 saturated heterocycles. The molecule has 0 amide bonds. The van der Waals surface area contributed by atoms with E-state index in [-0.39, 0.29) is 0 Å². The Bertz CT molecular complexity index is 597. The van der Waals surface area contributed by atoms with Gasteiger partial charge in [-0.3, -0.25) is 5.32 Å². The van der Waals surface area contributed by atoms with E-state index in [1.54, 1.807) is 6.20 Å². The highest BCUT2D eigenvalue weighted by molar-refractivity contribution is 5.31. The summed E-state index contributed by atoms with van der Waals surface area (Å²) < 4.78 is 2.09. The Morgan fingerprint density at radius 3 is 2.67 bits per heavy atom. The molecule has 0 radical (unpaired) electrons. The van der Waals surface area contributed by atoms with E-state index < -0.39 is 5.54 Å². The molecule has 110 valence electrons. The minimum Gasteiger partial charge on any atom is -0.335 e. The number of hydrogen-bond acceptors (Lipinski definition) is 3. The molecule has 21 heavy (non-hydrogen) atoms. The summed E-state index contributed by atoms with van der Waals surface area (Å²) in [4.78, 5) is 4.24. The Morgan fingerprint density at radius 2 is 2.10 bits per heavy atom. The molecular weight excluding hydrogens is 260 g/mol. The zero-order chi connectivity index (χ0) is 15.1. The van der Waals surface area contributed by atoms with Gasteiger partial charge in [-0.05, 0) is 25.5 Å². The Hall–Kier alpha value is -2.12. The molecule has 4 heteroatoms. The first kappa shape index (κ1) is 15.3. The van der Waals surface area contributed by atoms with Crippen LogP contribution in [-0.4, -0.2) is 16.1 Å². The molecule has 4 nitrogen and oxygen atoms in total. The summed E-state index contributed by atoms with van der Waals surface area (Å²) in [5.41, 5.74) is 0.382. The van der Waals surface area contributed by atoms with Gasteiger partial charge < -0.3 is 4.57 Å². The summed E-state index contributed by atoms with van der Waals surface area (Å²) in [6.07, 6.45) is 5.47. The number of nitrogens with zero attached hydrogens (tertiary/aromatic N) is 3. The molecule has 0 aliphatic rings. The van der Waals surface area contributed by atoms with Crippen molar-refractivity contribution in [2.24, 2.45) is 0 Å². The third kappa shape index (κ3) is 3.50. The molecule has 1 N–H and O–H groups in total. The maximum absolute atomic E-state index is 9.82. The minimum atomic E-state index is -0.645. The zero-order valence-corrected chi connectivity index (χ0v) is 12.7. The van der Waals surface area contributed by atoms with Crippen LogP contribution < -0.4 is 5.32 Å². The third-order valence-electron chi connectivity index (χ3n) is 3.79. The van der Waals surface area contributed by atoms with Crippen molar-refractivity contribution in [3.8, 4) is 6.07 Å². The Morgan fingerprint density at radius 1 is 1.33 bits per heavy atom. The van der Waals surface area contributed by atoms with Gasteiger partial charge in [-0.25, -0.2) is 4.98 Å². The number of benzene rings is 1. The summed E-state index contributed by atoms with van der Waals surface area (Å²) in [5.74, 6) is 0.977. The summed E-state index contributed by atoms with van der Waals surface area (Å²) in [6.45, 7) is 5.69. The molecule has 2 rings (SSSR count). The first-order valence-corrected chi connectivity index (χ1v) is 7.41. The van der Waals surface area contributed by atoms with Gasteiger partial charge in [0.1, 0.15) is 11.4 Å². The molecule has 0 aliphatic heterocycles. The van der Waals surface area contributed by atoms with Gasteiger partial charge in [-0.2, -0.15) is 5.26 Å². The first-order chi connectivity index (χ1) is 10.2. The highest BCUT2D eigenvalue weighted by atomic mass is 15.1. The highest BCUT2D eigenvalue weighted by Gasteiger charge is 2.31. The topological polar surface area (TPSA) is 53.6 Å². The number of hydrogen-bond donors (Lipinski definition) is 1. The van der Waals surface area contributed by atoms with Gasteiger partial charge >= 0.3 is 0 Å². The van der Waals surface area contributed by atoms with E-state index in [1.165, 1.54) is 0 Å². The fraction of sp³-hybridized carbons (Fsp3) is 0.412. The average Bonchev–Trinajstić information content (AvgIpc) is 2.94. The first-order valence-electron chi connectivity index (χ1n) is 7.41. The van der Waals surface area contributed by atoms with Crippen LogP contribution in [0.25, 0.3) is 0 Å². The van der Waals surface area contributed by atoms with E-state index in [0.717, 1.165) is 30.9 Å². The van der Waals surface area contributed by atoms with E-state index in [1.807, 2.05) is 43.5 Å². The van der Waals surface area contributed by atoms with Crippen LogP contribution in [0.4, 0.5) is 0 Å². The number of aryl methyl sites for hydroxylation is 2. The molecular formula is C17H22N4. The van der Waals surface area contributed by atoms with Gasteiger partial charge in [-0.15, -0.1) is 0 Å². The quantitative estimate of drug-likeness (QED) is 0.849. The number of aromatic nitrogens is 2. The zero-order valence-electron chi connectivity index (χ0n) is 12.7. The fourth-order valence-electron chi connectivity index (χ4n) is 2.48. The maximum Gasteiger partial charge on any atom is 0.133 e. The standard InChI is InChI=1S/C17H22N4/c1-3-10-20-17(14-18,16-7-5-4-6-8-16)9-12-21-13-11-19-15(21)2/h4-8,11,13,20H,3,9-10,12H2,1-2H3. The van der Waals surface area contributed by atoms with Crippen LogP contribution in [0.15, 0.2) is 42.7 Å². The van der Waals surface area contributed by atoms with Crippen molar-refractivity contribution < 1.29 is 0 Å². The van der Waals surface area contributed by atoms with E-state index in [2.05, 4.69) is 27.9 Å². The van der Waals surface area contributed by atoms with Crippen LogP contribution in [0.3, 0.4) is 0 Å². The third-order valence-corrected chi connectivity index (χ3v) is 3.79. The number of rotatable bonds is 7. The second-order valence-electron chi connectivity index (χ2n) is 5.23. The second-order valence-corrected chi connectivity index (χ2v) is 5.23. The van der Waals surface area contributed by atoms with Crippen LogP contribution >= 0.6 is 0 Å². The summed E-state index contributed by atoms with van der Waals surface area (Å²) >= 11 is 0. The van der Waals surface area contributed by atoms with E-state index >= 15 is 0 Å². The predicted molar refractivity (Wildman–Crippen MR) is 83.6 cm³/mol. The Labute approximate surface area is 126 Å². The van der Waals surface area contributed by atoms with E-state index in [9.17, 15) is 5.26 Å². The summed E-state index contributed by atoms with van der Waals surface area (Å²) in [6, 6.07) is 12.5. The molecule has 1 aromatic carbocycles. The molecule has 0 bridgehead atoms. The summed E-state index contributed by atoms with van der Waals surface area (Å²) in [5, 5.41) is 13.3. The van der Waals surface area contributed by atoms with Gasteiger partial charge in [0.25, 0.3) is 0 Å². The molecule has 1 atom stereocenters. The van der Waals surface area contributed by atoms with Gasteiger partial charge in [0.05, 0.1) is 6.07 Å². The van der Waals surface area contributed by atoms with Crippen molar-refractivity contribution in [3.63, 3.8) is 0 Å². The largest absolute Gasteiger partial charge is 0.335 e. The SMILES string of the molecule is CCCNC(C#N)(CCn1ccnc1C)c1ccccc1. The lowest BCUT2D eigenvalue weighted by molar-refractivity contribution is 0.372. The molecule has 1 heterocycles. The number of imidazole rings is 1. The van der Waals surface area contributed by atoms with E-state index in [4.69, 9.17) is 0 Å². The van der Waals surface area contributed by atoms with E-state index in [0.29, 0.717) is 6.42 Å². The van der Waals surface area contributed by atoms with Crippen molar-refractivity contribution in [1.82, 2.24) is 14.9 Å². The lowest BCUT2D eigenvalue weighted by atomic mass is 9.87. The number of nitrogens with one attached hydrogen (secondary N) is 1. The minimum absolute atomic E-state index is 0.645. The monoisotopic (exact) mass is 282 g/mol. The predicted octanol–water partition coefficient (Wildman–Crippen LogP) is 3.00. The van der Waals surface area contributed by atoms with Gasteiger partial charge in [-0.1, -0.05) is 37.3 Å². The van der Waals surface area contributed by atoms with Crippen LogP contribution in [0, 0.1) is 18.3 Å². The van der Waals surface area contributed by atoms with Gasteiger partial charge in [0.2, 0.25) is 0 Å². The van der Waals surface area contributed by atoms with Crippen molar-refractivity contribution in [2.45, 2.75) is 38.8 Å². The Balaban J connectivity index is 2.23. The second kappa shape index (κ2) is 7.05. The molecule has 0 saturated carbocycles. The van der Waals surface area contributed by atoms with Crippen LogP contribution in [0.1, 0.15) is 31.2 Å². The van der Waals surface area contributed by atoms with Crippen molar-refractivity contribution in [2.75, 3.05) is 6.54 Å². The molecule has 1 unspecified atom stereocenters.